The molecule has 0 fully saturated rings. The van der Waals surface area contributed by atoms with Gasteiger partial charge in [0.1, 0.15) is 17.1 Å². The normalized spacial score (nSPS) is 11.3. The van der Waals surface area contributed by atoms with Crippen LogP contribution in [0.25, 0.3) is 0 Å². The van der Waals surface area contributed by atoms with Crippen LogP contribution in [0, 0.1) is 19.9 Å². The average Bonchev–Trinajstić information content (AvgIpc) is 2.71. The van der Waals surface area contributed by atoms with Gasteiger partial charge in [-0.1, -0.05) is 36.4 Å². The second-order valence-corrected chi connectivity index (χ2v) is 6.79. The van der Waals surface area contributed by atoms with Crippen molar-refractivity contribution >= 4 is 0 Å². The molecular weight excluding hydrogens is 336 g/mol. The van der Waals surface area contributed by atoms with Crippen molar-refractivity contribution in [2.75, 3.05) is 14.2 Å². The van der Waals surface area contributed by atoms with Gasteiger partial charge in [-0.3, -0.25) is 0 Å². The lowest BCUT2D eigenvalue weighted by atomic mass is 9.79. The Hall–Kier alpha value is -2.78. The molecule has 0 saturated heterocycles. The molecule has 0 saturated carbocycles. The molecule has 0 aliphatic carbocycles. The average molecular weight is 361 g/mol. The van der Waals surface area contributed by atoms with E-state index in [0.717, 1.165) is 39.3 Å². The largest absolute Gasteiger partial charge is 0.497 e. The highest BCUT2D eigenvalue weighted by Crippen LogP contribution is 2.36. The molecule has 3 heteroatoms. The summed E-state index contributed by atoms with van der Waals surface area (Å²) >= 11 is 0. The van der Waals surface area contributed by atoms with Gasteiger partial charge in [0.15, 0.2) is 0 Å². The number of hydrogen-bond acceptors (Lipinski definition) is 3. The zero-order valence-corrected chi connectivity index (χ0v) is 16.2. The van der Waals surface area contributed by atoms with E-state index < -0.39 is 5.60 Å². The van der Waals surface area contributed by atoms with Crippen molar-refractivity contribution in [3.8, 4) is 11.5 Å². The molecule has 27 heavy (non-hydrogen) atoms. The van der Waals surface area contributed by atoms with Crippen LogP contribution in [0.1, 0.15) is 27.8 Å². The van der Waals surface area contributed by atoms with E-state index in [4.69, 9.17) is 9.47 Å². The predicted molar refractivity (Wildman–Crippen MR) is 107 cm³/mol. The van der Waals surface area contributed by atoms with Gasteiger partial charge in [0.25, 0.3) is 0 Å². The number of ether oxygens (including phenoxy) is 2. The Labute approximate surface area is 161 Å². The van der Waals surface area contributed by atoms with Gasteiger partial charge < -0.3 is 14.6 Å². The van der Waals surface area contributed by atoms with Crippen LogP contribution >= 0.6 is 0 Å². The summed E-state index contributed by atoms with van der Waals surface area (Å²) < 4.78 is 10.5. The molecule has 0 atom stereocenters. The van der Waals surface area contributed by atoms with E-state index in [0.29, 0.717) is 6.42 Å². The van der Waals surface area contributed by atoms with Crippen LogP contribution in [0.4, 0.5) is 0 Å². The number of methoxy groups -OCH3 is 2. The first-order chi connectivity index (χ1) is 13.0. The lowest BCUT2D eigenvalue weighted by Gasteiger charge is -2.31. The summed E-state index contributed by atoms with van der Waals surface area (Å²) in [6.45, 7) is 4.11. The smallest absolute Gasteiger partial charge is 0.119 e. The molecule has 0 unspecified atom stereocenters. The van der Waals surface area contributed by atoms with Crippen molar-refractivity contribution in [2.24, 2.45) is 0 Å². The van der Waals surface area contributed by atoms with Gasteiger partial charge >= 0.3 is 0 Å². The summed E-state index contributed by atoms with van der Waals surface area (Å²) in [7, 11) is 3.27. The molecule has 0 amide bonds. The number of hydrogen-bond donors (Lipinski definition) is 1. The predicted octanol–water partition coefficient (Wildman–Crippen LogP) is 4.60. The van der Waals surface area contributed by atoms with Crippen molar-refractivity contribution < 1.29 is 14.6 Å². The third kappa shape index (κ3) is 3.83. The molecule has 1 radical (unpaired) electrons. The van der Waals surface area contributed by atoms with E-state index in [1.54, 1.807) is 14.2 Å². The summed E-state index contributed by atoms with van der Waals surface area (Å²) in [5, 5.41) is 11.9. The molecule has 1 N–H and O–H groups in total. The molecule has 0 heterocycles. The first-order valence-electron chi connectivity index (χ1n) is 8.95. The second-order valence-electron chi connectivity index (χ2n) is 6.79. The molecule has 0 aliphatic rings. The van der Waals surface area contributed by atoms with Crippen LogP contribution in [0.3, 0.4) is 0 Å². The minimum absolute atomic E-state index is 0.470. The number of benzene rings is 3. The Kier molecular flexibility index (Phi) is 5.52. The highest BCUT2D eigenvalue weighted by Gasteiger charge is 2.33. The van der Waals surface area contributed by atoms with Gasteiger partial charge in [-0.25, -0.2) is 0 Å². The molecule has 3 nitrogen and oxygen atoms in total. The van der Waals surface area contributed by atoms with Crippen molar-refractivity contribution in [1.82, 2.24) is 0 Å². The third-order valence-electron chi connectivity index (χ3n) is 5.12. The maximum Gasteiger partial charge on any atom is 0.119 e. The summed E-state index contributed by atoms with van der Waals surface area (Å²) in [5.41, 5.74) is 3.84. The lowest BCUT2D eigenvalue weighted by molar-refractivity contribution is 0.0807. The quantitative estimate of drug-likeness (QED) is 0.697. The van der Waals surface area contributed by atoms with Gasteiger partial charge in [0.05, 0.1) is 14.2 Å². The summed E-state index contributed by atoms with van der Waals surface area (Å²) in [6, 6.07) is 22.3. The zero-order valence-electron chi connectivity index (χ0n) is 16.2. The van der Waals surface area contributed by atoms with E-state index >= 15 is 0 Å². The van der Waals surface area contributed by atoms with E-state index in [1.807, 2.05) is 60.7 Å². The number of aryl methyl sites for hydroxylation is 2. The Balaban J connectivity index is 2.12. The number of aliphatic hydroxyl groups is 1. The van der Waals surface area contributed by atoms with E-state index in [2.05, 4.69) is 19.9 Å². The van der Waals surface area contributed by atoms with Crippen LogP contribution < -0.4 is 9.47 Å². The first-order valence-corrected chi connectivity index (χ1v) is 8.95. The van der Waals surface area contributed by atoms with Crippen molar-refractivity contribution in [1.29, 1.82) is 0 Å². The van der Waals surface area contributed by atoms with Crippen molar-refractivity contribution in [3.05, 3.63) is 94.5 Å². The Morgan fingerprint density at radius 3 is 1.56 bits per heavy atom. The molecule has 3 rings (SSSR count). The van der Waals surface area contributed by atoms with E-state index in [1.165, 1.54) is 0 Å². The van der Waals surface area contributed by atoms with Crippen molar-refractivity contribution in [2.45, 2.75) is 25.9 Å². The molecule has 0 aromatic heterocycles. The van der Waals surface area contributed by atoms with Crippen molar-refractivity contribution in [3.63, 3.8) is 0 Å². The van der Waals surface area contributed by atoms with Crippen LogP contribution in [0.2, 0.25) is 0 Å². The maximum atomic E-state index is 11.9. The molecule has 0 spiro atoms. The monoisotopic (exact) mass is 361 g/mol. The van der Waals surface area contributed by atoms with Crippen LogP contribution in [0.5, 0.6) is 11.5 Å². The van der Waals surface area contributed by atoms with E-state index in [-0.39, 0.29) is 0 Å². The topological polar surface area (TPSA) is 38.7 Å². The van der Waals surface area contributed by atoms with Gasteiger partial charge in [-0.15, -0.1) is 0 Å². The van der Waals surface area contributed by atoms with Gasteiger partial charge in [-0.05, 0) is 72.0 Å². The molecule has 0 aliphatic heterocycles. The van der Waals surface area contributed by atoms with Gasteiger partial charge in [-0.2, -0.15) is 0 Å². The van der Waals surface area contributed by atoms with E-state index in [9.17, 15) is 5.11 Å². The first kappa shape index (κ1) is 19.0. The standard InChI is InChI=1S/C24H25O3/c1-17-6-5-7-18(2)23(17)16-24(25,19-8-12-21(26-3)13-9-19)20-10-14-22(27-4)15-11-20/h6-15,25H,16H2,1-4H3. The minimum atomic E-state index is -1.17. The summed E-state index contributed by atoms with van der Waals surface area (Å²) in [5.74, 6) is 1.52. The van der Waals surface area contributed by atoms with Crippen LogP contribution in [0.15, 0.2) is 60.7 Å². The summed E-state index contributed by atoms with van der Waals surface area (Å²) in [6.07, 6.45) is 0.470. The highest BCUT2D eigenvalue weighted by molar-refractivity contribution is 5.44. The SMILES string of the molecule is COc1ccc(C(O)(Cc2c(C)c[c]cc2C)c2ccc(OC)cc2)cc1. The second kappa shape index (κ2) is 7.85. The number of rotatable bonds is 6. The van der Waals surface area contributed by atoms with Crippen LogP contribution in [-0.2, 0) is 12.0 Å². The van der Waals surface area contributed by atoms with Crippen LogP contribution in [-0.4, -0.2) is 19.3 Å². The lowest BCUT2D eigenvalue weighted by Crippen LogP contribution is -2.30. The zero-order chi connectivity index (χ0) is 19.4. The Bertz CT molecular complexity index is 828. The highest BCUT2D eigenvalue weighted by atomic mass is 16.5. The molecule has 139 valence electrons. The fraction of sp³-hybridized carbons (Fsp3) is 0.250. The maximum absolute atomic E-state index is 11.9. The van der Waals surface area contributed by atoms with Gasteiger partial charge in [0, 0.05) is 6.42 Å². The fourth-order valence-corrected chi connectivity index (χ4v) is 3.42. The fourth-order valence-electron chi connectivity index (χ4n) is 3.42. The molecule has 0 bridgehead atoms. The Morgan fingerprint density at radius 2 is 1.19 bits per heavy atom. The summed E-state index contributed by atoms with van der Waals surface area (Å²) in [4.78, 5) is 0. The molecular formula is C24H25O3. The third-order valence-corrected chi connectivity index (χ3v) is 5.12. The molecule has 3 aromatic carbocycles. The Morgan fingerprint density at radius 1 is 0.778 bits per heavy atom. The minimum Gasteiger partial charge on any atom is -0.497 e. The van der Waals surface area contributed by atoms with Gasteiger partial charge in [0.2, 0.25) is 0 Å². The molecule has 3 aromatic rings.